The van der Waals surface area contributed by atoms with Gasteiger partial charge in [0.25, 0.3) is 0 Å². The van der Waals surface area contributed by atoms with Crippen molar-refractivity contribution in [2.45, 2.75) is 19.4 Å². The summed E-state index contributed by atoms with van der Waals surface area (Å²) in [4.78, 5) is 15.5. The van der Waals surface area contributed by atoms with Gasteiger partial charge in [-0.1, -0.05) is 0 Å². The van der Waals surface area contributed by atoms with Crippen LogP contribution in [0.1, 0.15) is 13.3 Å². The minimum Gasteiger partial charge on any atom is -0.379 e. The Morgan fingerprint density at radius 2 is 2.39 bits per heavy atom. The molecule has 0 aromatic carbocycles. The van der Waals surface area contributed by atoms with Gasteiger partial charge in [0.2, 0.25) is 5.95 Å². The van der Waals surface area contributed by atoms with E-state index in [0.717, 1.165) is 43.2 Å². The third-order valence-corrected chi connectivity index (χ3v) is 3.29. The molecule has 2 aromatic rings. The number of nitrogens with zero attached hydrogens (tertiary/aromatic N) is 4. The maximum atomic E-state index is 5.44. The summed E-state index contributed by atoms with van der Waals surface area (Å²) in [6.45, 7) is 4.58. The molecular formula is C13H16N4O. The molecule has 1 unspecified atom stereocenters. The number of aromatic nitrogens is 3. The molecule has 1 aliphatic rings. The van der Waals surface area contributed by atoms with Gasteiger partial charge in [0.1, 0.15) is 0 Å². The summed E-state index contributed by atoms with van der Waals surface area (Å²) in [5.74, 6) is 0.749. The number of hydrogen-bond acceptors (Lipinski definition) is 5. The van der Waals surface area contributed by atoms with Gasteiger partial charge >= 0.3 is 0 Å². The van der Waals surface area contributed by atoms with Crippen molar-refractivity contribution in [3.05, 3.63) is 24.5 Å². The van der Waals surface area contributed by atoms with E-state index < -0.39 is 0 Å². The van der Waals surface area contributed by atoms with E-state index in [2.05, 4.69) is 26.8 Å². The molecule has 0 N–H and O–H groups in total. The van der Waals surface area contributed by atoms with Gasteiger partial charge < -0.3 is 9.64 Å². The van der Waals surface area contributed by atoms with Crippen LogP contribution in [0.3, 0.4) is 0 Å². The van der Waals surface area contributed by atoms with Crippen LogP contribution in [0.4, 0.5) is 5.95 Å². The number of ether oxygens (including phenoxy) is 1. The highest BCUT2D eigenvalue weighted by Crippen LogP contribution is 2.19. The summed E-state index contributed by atoms with van der Waals surface area (Å²) in [6, 6.07) is 4.26. The third kappa shape index (κ3) is 2.01. The van der Waals surface area contributed by atoms with E-state index in [1.54, 1.807) is 6.20 Å². The normalized spacial score (nSPS) is 19.3. The van der Waals surface area contributed by atoms with E-state index in [1.807, 2.05) is 18.3 Å². The summed E-state index contributed by atoms with van der Waals surface area (Å²) < 4.78 is 5.44. The maximum Gasteiger partial charge on any atom is 0.227 e. The van der Waals surface area contributed by atoms with Crippen LogP contribution in [0.15, 0.2) is 24.5 Å². The van der Waals surface area contributed by atoms with Gasteiger partial charge in [-0.15, -0.1) is 0 Å². The lowest BCUT2D eigenvalue weighted by atomic mass is 10.2. The highest BCUT2D eigenvalue weighted by Gasteiger charge is 2.24. The molecule has 1 fully saturated rings. The fourth-order valence-corrected chi connectivity index (χ4v) is 2.32. The Morgan fingerprint density at radius 3 is 3.17 bits per heavy atom. The number of likely N-dealkylation sites (N-methyl/N-ethyl adjacent to an activating group) is 1. The third-order valence-electron chi connectivity index (χ3n) is 3.29. The highest BCUT2D eigenvalue weighted by atomic mass is 16.5. The second-order valence-electron chi connectivity index (χ2n) is 4.39. The van der Waals surface area contributed by atoms with Crippen LogP contribution in [0.2, 0.25) is 0 Å². The van der Waals surface area contributed by atoms with Crippen molar-refractivity contribution in [2.75, 3.05) is 24.7 Å². The Morgan fingerprint density at radius 1 is 1.44 bits per heavy atom. The maximum absolute atomic E-state index is 5.44. The van der Waals surface area contributed by atoms with Crippen LogP contribution in [-0.4, -0.2) is 40.8 Å². The first-order valence-electron chi connectivity index (χ1n) is 6.30. The number of hydrogen-bond donors (Lipinski definition) is 0. The monoisotopic (exact) mass is 244 g/mol. The Kier molecular flexibility index (Phi) is 3.06. The minimum atomic E-state index is 0.385. The van der Waals surface area contributed by atoms with E-state index in [0.29, 0.717) is 6.04 Å². The fourth-order valence-electron chi connectivity index (χ4n) is 2.32. The largest absolute Gasteiger partial charge is 0.379 e. The molecule has 1 saturated heterocycles. The SMILES string of the molecule is CCN(c1ncc2cccnc2n1)C1CCOC1. The van der Waals surface area contributed by atoms with Crippen LogP contribution < -0.4 is 4.90 Å². The summed E-state index contributed by atoms with van der Waals surface area (Å²) in [6.07, 6.45) is 4.63. The molecule has 2 aromatic heterocycles. The molecule has 1 atom stereocenters. The van der Waals surface area contributed by atoms with Crippen LogP contribution in [0, 0.1) is 0 Å². The van der Waals surface area contributed by atoms with Crippen molar-refractivity contribution < 1.29 is 4.74 Å². The standard InChI is InChI=1S/C13H16N4O/c1-2-17(11-5-7-18-9-11)13-15-8-10-4-3-6-14-12(10)16-13/h3-4,6,8,11H,2,5,7,9H2,1H3. The molecule has 3 heterocycles. The first kappa shape index (κ1) is 11.3. The van der Waals surface area contributed by atoms with Gasteiger partial charge in [0.05, 0.1) is 12.6 Å². The minimum absolute atomic E-state index is 0.385. The number of pyridine rings is 1. The molecule has 5 heteroatoms. The highest BCUT2D eigenvalue weighted by molar-refractivity contribution is 5.74. The van der Waals surface area contributed by atoms with Gasteiger partial charge in [-0.2, -0.15) is 4.98 Å². The van der Waals surface area contributed by atoms with E-state index >= 15 is 0 Å². The molecule has 1 aliphatic heterocycles. The van der Waals surface area contributed by atoms with Crippen LogP contribution >= 0.6 is 0 Å². The van der Waals surface area contributed by atoms with Crippen molar-refractivity contribution in [3.8, 4) is 0 Å². The van der Waals surface area contributed by atoms with Gasteiger partial charge in [-0.25, -0.2) is 9.97 Å². The number of fused-ring (bicyclic) bond motifs is 1. The Balaban J connectivity index is 1.96. The number of anilines is 1. The molecule has 0 aliphatic carbocycles. The lowest BCUT2D eigenvalue weighted by molar-refractivity contribution is 0.193. The first-order chi connectivity index (χ1) is 8.88. The summed E-state index contributed by atoms with van der Waals surface area (Å²) >= 11 is 0. The van der Waals surface area contributed by atoms with E-state index in [4.69, 9.17) is 4.74 Å². The van der Waals surface area contributed by atoms with Crippen molar-refractivity contribution in [3.63, 3.8) is 0 Å². The lowest BCUT2D eigenvalue weighted by Gasteiger charge is -2.26. The van der Waals surface area contributed by atoms with Crippen LogP contribution in [0.5, 0.6) is 0 Å². The molecule has 18 heavy (non-hydrogen) atoms. The summed E-state index contributed by atoms with van der Waals surface area (Å²) in [5.41, 5.74) is 0.750. The van der Waals surface area contributed by atoms with Gasteiger partial charge in [-0.3, -0.25) is 0 Å². The zero-order valence-corrected chi connectivity index (χ0v) is 10.4. The van der Waals surface area contributed by atoms with E-state index in [1.165, 1.54) is 0 Å². The Labute approximate surface area is 106 Å². The van der Waals surface area contributed by atoms with Crippen molar-refractivity contribution >= 4 is 17.0 Å². The first-order valence-corrected chi connectivity index (χ1v) is 6.30. The van der Waals surface area contributed by atoms with Gasteiger partial charge in [0, 0.05) is 30.9 Å². The Hall–Kier alpha value is -1.75. The van der Waals surface area contributed by atoms with E-state index in [9.17, 15) is 0 Å². The predicted octanol–water partition coefficient (Wildman–Crippen LogP) is 1.64. The van der Waals surface area contributed by atoms with Crippen molar-refractivity contribution in [1.29, 1.82) is 0 Å². The predicted molar refractivity (Wildman–Crippen MR) is 69.6 cm³/mol. The molecule has 94 valence electrons. The average Bonchev–Trinajstić information content (AvgIpc) is 2.93. The fraction of sp³-hybridized carbons (Fsp3) is 0.462. The zero-order chi connectivity index (χ0) is 12.4. The number of rotatable bonds is 3. The zero-order valence-electron chi connectivity index (χ0n) is 10.4. The average molecular weight is 244 g/mol. The molecular weight excluding hydrogens is 228 g/mol. The summed E-state index contributed by atoms with van der Waals surface area (Å²) in [7, 11) is 0. The van der Waals surface area contributed by atoms with Crippen molar-refractivity contribution in [2.24, 2.45) is 0 Å². The van der Waals surface area contributed by atoms with Gasteiger partial charge in [-0.05, 0) is 25.5 Å². The molecule has 0 radical (unpaired) electrons. The van der Waals surface area contributed by atoms with E-state index in [-0.39, 0.29) is 0 Å². The second kappa shape index (κ2) is 4.86. The van der Waals surface area contributed by atoms with Crippen LogP contribution in [-0.2, 0) is 4.74 Å². The lowest BCUT2D eigenvalue weighted by Crippen LogP contribution is -2.36. The smallest absolute Gasteiger partial charge is 0.227 e. The topological polar surface area (TPSA) is 51.1 Å². The molecule has 0 bridgehead atoms. The van der Waals surface area contributed by atoms with Crippen LogP contribution in [0.25, 0.3) is 11.0 Å². The second-order valence-corrected chi connectivity index (χ2v) is 4.39. The van der Waals surface area contributed by atoms with Crippen molar-refractivity contribution in [1.82, 2.24) is 15.0 Å². The molecule has 5 nitrogen and oxygen atoms in total. The quantitative estimate of drug-likeness (QED) is 0.821. The molecule has 0 amide bonds. The van der Waals surface area contributed by atoms with Gasteiger partial charge in [0.15, 0.2) is 5.65 Å². The molecule has 0 spiro atoms. The molecule has 0 saturated carbocycles. The molecule has 3 rings (SSSR count). The Bertz CT molecular complexity index is 539. The summed E-state index contributed by atoms with van der Waals surface area (Å²) in [5, 5.41) is 0.972.